The van der Waals surface area contributed by atoms with Crippen LogP contribution in [0.2, 0.25) is 0 Å². The summed E-state index contributed by atoms with van der Waals surface area (Å²) in [6.45, 7) is 14.4. The zero-order valence-corrected chi connectivity index (χ0v) is 20.7. The molecule has 3 rings (SSSR count). The number of halogens is 1. The molecule has 7 heteroatoms. The number of likely N-dealkylation sites (N-methyl/N-ethyl adjacent to an activating group) is 1. The van der Waals surface area contributed by atoms with Crippen LogP contribution in [0, 0.1) is 0 Å². The molecule has 2 fully saturated rings. The van der Waals surface area contributed by atoms with E-state index >= 15 is 0 Å². The van der Waals surface area contributed by atoms with Crippen LogP contribution in [-0.4, -0.2) is 91.8 Å². The van der Waals surface area contributed by atoms with Gasteiger partial charge in [-0.1, -0.05) is 37.3 Å². The molecule has 0 amide bonds. The SMILES string of the molecule is CCN(CCNC(=NC)N1CC2OCCN(Cc3ccccc3)C2C1)C(C)C.I. The van der Waals surface area contributed by atoms with E-state index in [1.807, 2.05) is 7.05 Å². The summed E-state index contributed by atoms with van der Waals surface area (Å²) < 4.78 is 6.11. The zero-order chi connectivity index (χ0) is 19.9. The molecule has 6 nitrogen and oxygen atoms in total. The van der Waals surface area contributed by atoms with Gasteiger partial charge in [-0.3, -0.25) is 14.8 Å². The number of nitrogens with one attached hydrogen (secondary N) is 1. The molecule has 164 valence electrons. The van der Waals surface area contributed by atoms with Gasteiger partial charge in [0.25, 0.3) is 0 Å². The third-order valence-corrected chi connectivity index (χ3v) is 5.97. The van der Waals surface area contributed by atoms with Crippen LogP contribution in [0.4, 0.5) is 0 Å². The number of hydrogen-bond donors (Lipinski definition) is 1. The number of ether oxygens (including phenoxy) is 1. The molecule has 1 aromatic rings. The lowest BCUT2D eigenvalue weighted by atomic mass is 10.1. The molecule has 2 aliphatic heterocycles. The first-order chi connectivity index (χ1) is 13.6. The quantitative estimate of drug-likeness (QED) is 0.344. The molecule has 0 aliphatic carbocycles. The molecule has 29 heavy (non-hydrogen) atoms. The molecule has 0 spiro atoms. The summed E-state index contributed by atoms with van der Waals surface area (Å²) in [4.78, 5) is 12.0. The second-order valence-corrected chi connectivity index (χ2v) is 8.03. The standard InChI is InChI=1S/C22H37N5O.HI/c1-5-25(18(2)3)12-11-24-22(23-4)27-16-20-21(17-27)28-14-13-26(20)15-19-9-7-6-8-10-19;/h6-10,18,20-21H,5,11-17H2,1-4H3,(H,23,24);1H. The molecule has 2 heterocycles. The number of likely N-dealkylation sites (tertiary alicyclic amines) is 1. The van der Waals surface area contributed by atoms with Crippen molar-refractivity contribution in [2.24, 2.45) is 4.99 Å². The van der Waals surface area contributed by atoms with Gasteiger partial charge in [0.1, 0.15) is 0 Å². The fourth-order valence-electron chi connectivity index (χ4n) is 4.37. The van der Waals surface area contributed by atoms with Gasteiger partial charge in [-0.15, -0.1) is 24.0 Å². The molecular formula is C22H38IN5O. The smallest absolute Gasteiger partial charge is 0.193 e. The van der Waals surface area contributed by atoms with Gasteiger partial charge in [-0.25, -0.2) is 0 Å². The highest BCUT2D eigenvalue weighted by molar-refractivity contribution is 14.0. The highest BCUT2D eigenvalue weighted by atomic mass is 127. The maximum atomic E-state index is 6.11. The highest BCUT2D eigenvalue weighted by Gasteiger charge is 2.41. The van der Waals surface area contributed by atoms with Crippen LogP contribution >= 0.6 is 24.0 Å². The maximum Gasteiger partial charge on any atom is 0.193 e. The van der Waals surface area contributed by atoms with E-state index < -0.39 is 0 Å². The second kappa shape index (κ2) is 12.1. The number of aliphatic imine (C=N–C) groups is 1. The topological polar surface area (TPSA) is 43.3 Å². The first kappa shape index (κ1) is 24.4. The lowest BCUT2D eigenvalue weighted by molar-refractivity contribution is -0.0502. The average Bonchev–Trinajstić information content (AvgIpc) is 3.14. The monoisotopic (exact) mass is 515 g/mol. The molecular weight excluding hydrogens is 477 g/mol. The Morgan fingerprint density at radius 2 is 2.03 bits per heavy atom. The van der Waals surface area contributed by atoms with Gasteiger partial charge >= 0.3 is 0 Å². The van der Waals surface area contributed by atoms with E-state index in [4.69, 9.17) is 4.74 Å². The van der Waals surface area contributed by atoms with Crippen LogP contribution in [0.15, 0.2) is 35.3 Å². The summed E-state index contributed by atoms with van der Waals surface area (Å²) in [7, 11) is 1.88. The van der Waals surface area contributed by atoms with Crippen molar-refractivity contribution < 1.29 is 4.74 Å². The first-order valence-corrected chi connectivity index (χ1v) is 10.7. The van der Waals surface area contributed by atoms with Gasteiger partial charge < -0.3 is 15.0 Å². The number of nitrogens with zero attached hydrogens (tertiary/aromatic N) is 4. The van der Waals surface area contributed by atoms with E-state index in [9.17, 15) is 0 Å². The predicted molar refractivity (Wildman–Crippen MR) is 131 cm³/mol. The number of guanidine groups is 1. The van der Waals surface area contributed by atoms with Gasteiger partial charge in [-0.2, -0.15) is 0 Å². The summed E-state index contributed by atoms with van der Waals surface area (Å²) in [5, 5.41) is 3.57. The minimum absolute atomic E-state index is 0. The van der Waals surface area contributed by atoms with Crippen LogP contribution in [0.3, 0.4) is 0 Å². The van der Waals surface area contributed by atoms with Crippen molar-refractivity contribution in [3.63, 3.8) is 0 Å². The van der Waals surface area contributed by atoms with E-state index in [2.05, 4.69) is 76.1 Å². The van der Waals surface area contributed by atoms with Crippen LogP contribution in [0.1, 0.15) is 26.3 Å². The summed E-state index contributed by atoms with van der Waals surface area (Å²) >= 11 is 0. The lowest BCUT2D eigenvalue weighted by Gasteiger charge is -2.36. The van der Waals surface area contributed by atoms with Crippen LogP contribution < -0.4 is 5.32 Å². The predicted octanol–water partition coefficient (Wildman–Crippen LogP) is 2.50. The normalized spacial score (nSPS) is 22.7. The molecule has 0 bridgehead atoms. The Bertz CT molecular complexity index is 627. The number of morpholine rings is 1. The molecule has 2 aliphatic rings. The van der Waals surface area contributed by atoms with Crippen molar-refractivity contribution in [3.05, 3.63) is 35.9 Å². The molecule has 2 unspecified atom stereocenters. The van der Waals surface area contributed by atoms with E-state index in [0.29, 0.717) is 12.1 Å². The zero-order valence-electron chi connectivity index (χ0n) is 18.4. The van der Waals surface area contributed by atoms with Gasteiger partial charge in [0.2, 0.25) is 0 Å². The minimum atomic E-state index is 0. The Balaban J connectivity index is 0.00000300. The largest absolute Gasteiger partial charge is 0.373 e. The van der Waals surface area contributed by atoms with Crippen molar-refractivity contribution in [3.8, 4) is 0 Å². The lowest BCUT2D eigenvalue weighted by Crippen LogP contribution is -2.50. The molecule has 2 saturated heterocycles. The van der Waals surface area contributed by atoms with Gasteiger partial charge in [-0.05, 0) is 26.0 Å². The van der Waals surface area contributed by atoms with Gasteiger partial charge in [0.05, 0.1) is 18.8 Å². The van der Waals surface area contributed by atoms with Crippen molar-refractivity contribution in [2.75, 3.05) is 52.9 Å². The number of benzene rings is 1. The Labute approximate surface area is 193 Å². The summed E-state index contributed by atoms with van der Waals surface area (Å²) in [5.74, 6) is 0.998. The molecule has 1 N–H and O–H groups in total. The molecule has 0 aromatic heterocycles. The molecule has 2 atom stereocenters. The number of rotatable bonds is 7. The Kier molecular flexibility index (Phi) is 10.1. The fraction of sp³-hybridized carbons (Fsp3) is 0.682. The van der Waals surface area contributed by atoms with Crippen molar-refractivity contribution in [2.45, 2.75) is 45.5 Å². The van der Waals surface area contributed by atoms with E-state index in [0.717, 1.165) is 58.4 Å². The van der Waals surface area contributed by atoms with E-state index in [1.165, 1.54) is 5.56 Å². The first-order valence-electron chi connectivity index (χ1n) is 10.7. The summed E-state index contributed by atoms with van der Waals surface area (Å²) in [6.07, 6.45) is 0.263. The Hall–Kier alpha value is -0.900. The van der Waals surface area contributed by atoms with Gasteiger partial charge in [0.15, 0.2) is 5.96 Å². The summed E-state index contributed by atoms with van der Waals surface area (Å²) in [6, 6.07) is 11.8. The van der Waals surface area contributed by atoms with Gasteiger partial charge in [0, 0.05) is 52.4 Å². The third kappa shape index (κ3) is 6.54. The average molecular weight is 515 g/mol. The van der Waals surface area contributed by atoms with E-state index in [1.54, 1.807) is 0 Å². The van der Waals surface area contributed by atoms with Crippen LogP contribution in [0.5, 0.6) is 0 Å². The fourth-order valence-corrected chi connectivity index (χ4v) is 4.37. The number of hydrogen-bond acceptors (Lipinski definition) is 4. The number of fused-ring (bicyclic) bond motifs is 1. The van der Waals surface area contributed by atoms with Crippen molar-refractivity contribution in [1.29, 1.82) is 0 Å². The van der Waals surface area contributed by atoms with Crippen LogP contribution in [0.25, 0.3) is 0 Å². The second-order valence-electron chi connectivity index (χ2n) is 8.03. The molecule has 0 saturated carbocycles. The van der Waals surface area contributed by atoms with Crippen molar-refractivity contribution >= 4 is 29.9 Å². The third-order valence-electron chi connectivity index (χ3n) is 5.97. The molecule has 1 aromatic carbocycles. The summed E-state index contributed by atoms with van der Waals surface area (Å²) in [5.41, 5.74) is 1.37. The Morgan fingerprint density at radius 3 is 2.69 bits per heavy atom. The maximum absolute atomic E-state index is 6.11. The Morgan fingerprint density at radius 1 is 1.28 bits per heavy atom. The van der Waals surface area contributed by atoms with Crippen molar-refractivity contribution in [1.82, 2.24) is 20.0 Å². The molecule has 0 radical (unpaired) electrons. The highest BCUT2D eigenvalue weighted by Crippen LogP contribution is 2.24. The van der Waals surface area contributed by atoms with Crippen LogP contribution in [-0.2, 0) is 11.3 Å². The van der Waals surface area contributed by atoms with E-state index in [-0.39, 0.29) is 30.1 Å². The minimum Gasteiger partial charge on any atom is -0.373 e.